The van der Waals surface area contributed by atoms with E-state index in [0.29, 0.717) is 24.1 Å². The van der Waals surface area contributed by atoms with Crippen LogP contribution in [0.4, 0.5) is 15.3 Å². The van der Waals surface area contributed by atoms with Crippen LogP contribution < -0.4 is 32.3 Å². The van der Waals surface area contributed by atoms with Gasteiger partial charge in [0, 0.05) is 32.7 Å². The van der Waals surface area contributed by atoms with Gasteiger partial charge in [0.2, 0.25) is 17.7 Å². The minimum Gasteiger partial charge on any atom is -0.445 e. The highest BCUT2D eigenvalue weighted by Crippen LogP contribution is 2.17. The SMILES string of the molecule is CNC(=O)[C@H](NC(O)C(C(C)C)N(C)C(=O)OCc1ccc(NC(=O)[C@@H](CCCNC(N)=O)NC(=O)CC(C)C)cc1)C(C)C. The van der Waals surface area contributed by atoms with Crippen LogP contribution in [0.25, 0.3) is 0 Å². The van der Waals surface area contributed by atoms with Crippen molar-refractivity contribution in [2.24, 2.45) is 23.5 Å². The molecule has 0 spiro atoms. The second-order valence-electron chi connectivity index (χ2n) is 12.2. The second-order valence-corrected chi connectivity index (χ2v) is 12.2. The van der Waals surface area contributed by atoms with Gasteiger partial charge in [-0.1, -0.05) is 53.7 Å². The number of nitrogens with zero attached hydrogens (tertiary/aromatic N) is 1. The molecule has 1 aromatic rings. The van der Waals surface area contributed by atoms with Crippen LogP contribution in [0.15, 0.2) is 24.3 Å². The van der Waals surface area contributed by atoms with E-state index in [4.69, 9.17) is 10.5 Å². The van der Waals surface area contributed by atoms with Crippen molar-refractivity contribution in [2.45, 2.75) is 91.8 Å². The number of nitrogens with one attached hydrogen (secondary N) is 5. The molecule has 0 aliphatic heterocycles. The van der Waals surface area contributed by atoms with Crippen molar-refractivity contribution < 1.29 is 33.8 Å². The van der Waals surface area contributed by atoms with Crippen LogP contribution >= 0.6 is 0 Å². The molecule has 0 heterocycles. The maximum atomic E-state index is 13.0. The topological polar surface area (TPSA) is 204 Å². The zero-order valence-corrected chi connectivity index (χ0v) is 27.8. The Morgan fingerprint density at radius 2 is 1.58 bits per heavy atom. The van der Waals surface area contributed by atoms with Crippen molar-refractivity contribution in [1.82, 2.24) is 26.2 Å². The Morgan fingerprint density at radius 1 is 0.956 bits per heavy atom. The zero-order valence-electron chi connectivity index (χ0n) is 27.8. The Morgan fingerprint density at radius 3 is 2.09 bits per heavy atom. The van der Waals surface area contributed by atoms with Crippen LogP contribution in [-0.4, -0.2) is 84.8 Å². The van der Waals surface area contributed by atoms with Crippen molar-refractivity contribution in [3.8, 4) is 0 Å². The number of carbonyl (C=O) groups is 5. The lowest BCUT2D eigenvalue weighted by Gasteiger charge is -2.36. The summed E-state index contributed by atoms with van der Waals surface area (Å²) in [6.07, 6.45) is -0.845. The summed E-state index contributed by atoms with van der Waals surface area (Å²) in [6.45, 7) is 11.4. The van der Waals surface area contributed by atoms with Gasteiger partial charge < -0.3 is 41.7 Å². The molecule has 0 aliphatic carbocycles. The molecule has 8 N–H and O–H groups in total. The molecule has 254 valence electrons. The lowest BCUT2D eigenvalue weighted by Crippen LogP contribution is -2.59. The van der Waals surface area contributed by atoms with Gasteiger partial charge in [-0.15, -0.1) is 0 Å². The number of nitrogens with two attached hydrogens (primary N) is 1. The molecule has 6 amide bonds. The third kappa shape index (κ3) is 14.2. The van der Waals surface area contributed by atoms with Crippen LogP contribution in [0, 0.1) is 17.8 Å². The van der Waals surface area contributed by atoms with Crippen LogP contribution in [0.1, 0.15) is 66.4 Å². The Hall–Kier alpha value is -3.91. The zero-order chi connectivity index (χ0) is 34.3. The van der Waals surface area contributed by atoms with E-state index < -0.39 is 42.4 Å². The van der Waals surface area contributed by atoms with Crippen molar-refractivity contribution in [3.63, 3.8) is 0 Å². The van der Waals surface area contributed by atoms with Crippen LogP contribution in [0.5, 0.6) is 0 Å². The number of hydrogen-bond acceptors (Lipinski definition) is 8. The van der Waals surface area contributed by atoms with E-state index >= 15 is 0 Å². The highest BCUT2D eigenvalue weighted by molar-refractivity contribution is 5.97. The number of amides is 6. The molecule has 0 bridgehead atoms. The number of hydrogen-bond donors (Lipinski definition) is 7. The van der Waals surface area contributed by atoms with E-state index in [-0.39, 0.29) is 49.1 Å². The van der Waals surface area contributed by atoms with E-state index in [1.807, 2.05) is 41.5 Å². The molecule has 14 nitrogen and oxygen atoms in total. The largest absolute Gasteiger partial charge is 0.445 e. The Bertz CT molecular complexity index is 1110. The minimum absolute atomic E-state index is 0.0562. The normalized spacial score (nSPS) is 13.9. The number of rotatable bonds is 18. The number of likely N-dealkylation sites (N-methyl/N-ethyl adjacent to an activating group) is 2. The first-order chi connectivity index (χ1) is 21.1. The van der Waals surface area contributed by atoms with Crippen LogP contribution in [0.2, 0.25) is 0 Å². The number of anilines is 1. The summed E-state index contributed by atoms with van der Waals surface area (Å²) in [5.41, 5.74) is 6.24. The summed E-state index contributed by atoms with van der Waals surface area (Å²) in [5, 5.41) is 24.5. The Balaban J connectivity index is 2.83. The van der Waals surface area contributed by atoms with Crippen molar-refractivity contribution >= 4 is 35.5 Å². The van der Waals surface area contributed by atoms with E-state index in [2.05, 4.69) is 26.6 Å². The van der Waals surface area contributed by atoms with Gasteiger partial charge in [0.1, 0.15) is 18.9 Å². The number of primary amides is 1. The Labute approximate surface area is 266 Å². The molecule has 0 saturated carbocycles. The molecule has 4 atom stereocenters. The number of ether oxygens (including phenoxy) is 1. The van der Waals surface area contributed by atoms with E-state index in [1.165, 1.54) is 19.0 Å². The first kappa shape index (κ1) is 39.1. The number of benzene rings is 1. The van der Waals surface area contributed by atoms with Crippen LogP contribution in [-0.2, 0) is 25.7 Å². The average molecular weight is 636 g/mol. The first-order valence-corrected chi connectivity index (χ1v) is 15.3. The maximum Gasteiger partial charge on any atom is 0.410 e. The fraction of sp³-hybridized carbons (Fsp3) is 0.645. The quantitative estimate of drug-likeness (QED) is 0.0935. The summed E-state index contributed by atoms with van der Waals surface area (Å²) in [5.74, 6) is -1.06. The third-order valence-corrected chi connectivity index (χ3v) is 7.09. The molecule has 0 fully saturated rings. The van der Waals surface area contributed by atoms with Gasteiger partial charge in [0.05, 0.1) is 12.1 Å². The van der Waals surface area contributed by atoms with Crippen molar-refractivity contribution in [2.75, 3.05) is 26.0 Å². The molecule has 2 unspecified atom stereocenters. The highest BCUT2D eigenvalue weighted by Gasteiger charge is 2.34. The van der Waals surface area contributed by atoms with E-state index in [0.717, 1.165) is 0 Å². The lowest BCUT2D eigenvalue weighted by atomic mass is 9.98. The van der Waals surface area contributed by atoms with Gasteiger partial charge in [-0.05, 0) is 48.3 Å². The van der Waals surface area contributed by atoms with Gasteiger partial charge in [-0.3, -0.25) is 19.7 Å². The van der Waals surface area contributed by atoms with E-state index in [1.54, 1.807) is 24.3 Å². The molecule has 1 aromatic carbocycles. The third-order valence-electron chi connectivity index (χ3n) is 7.09. The number of carbonyl (C=O) groups excluding carboxylic acids is 5. The summed E-state index contributed by atoms with van der Waals surface area (Å²) in [7, 11) is 3.05. The predicted molar refractivity (Wildman–Crippen MR) is 172 cm³/mol. The summed E-state index contributed by atoms with van der Waals surface area (Å²) in [6, 6.07) is 3.89. The minimum atomic E-state index is -1.19. The number of aliphatic hydroxyl groups excluding tert-OH is 1. The standard InChI is InChI=1S/C31H53N7O7/c1-18(2)16-24(39)36-23(10-9-15-34-30(32)43)27(40)35-22-13-11-21(12-14-22)17-45-31(44)38(8)26(20(5)6)29(42)37-25(19(3)4)28(41)33-7/h11-14,18-20,23,25-26,29,37,42H,9-10,15-17H2,1-8H3,(H,33,41)(H,35,40)(H,36,39)(H3,32,34,43)/t23-,25-,26?,29?/m1/s1. The molecular formula is C31H53N7O7. The fourth-order valence-corrected chi connectivity index (χ4v) is 4.73. The second kappa shape index (κ2) is 19.5. The monoisotopic (exact) mass is 635 g/mol. The van der Waals surface area contributed by atoms with Crippen molar-refractivity contribution in [1.29, 1.82) is 0 Å². The number of urea groups is 1. The average Bonchev–Trinajstić information content (AvgIpc) is 2.95. The maximum absolute atomic E-state index is 13.0. The molecule has 0 aromatic heterocycles. The Kier molecular flexibility index (Phi) is 16.9. The summed E-state index contributed by atoms with van der Waals surface area (Å²) < 4.78 is 5.49. The van der Waals surface area contributed by atoms with Gasteiger partial charge in [0.25, 0.3) is 0 Å². The van der Waals surface area contributed by atoms with Crippen LogP contribution in [0.3, 0.4) is 0 Å². The fourth-order valence-electron chi connectivity index (χ4n) is 4.73. The van der Waals surface area contributed by atoms with Gasteiger partial charge in [0.15, 0.2) is 0 Å². The lowest BCUT2D eigenvalue weighted by molar-refractivity contribution is -0.127. The molecule has 0 radical (unpaired) electrons. The van der Waals surface area contributed by atoms with Gasteiger partial charge >= 0.3 is 12.1 Å². The smallest absolute Gasteiger partial charge is 0.410 e. The highest BCUT2D eigenvalue weighted by atomic mass is 16.6. The predicted octanol–water partition coefficient (Wildman–Crippen LogP) is 1.88. The molecule has 14 heteroatoms. The van der Waals surface area contributed by atoms with E-state index in [9.17, 15) is 29.1 Å². The summed E-state index contributed by atoms with van der Waals surface area (Å²) >= 11 is 0. The van der Waals surface area contributed by atoms with Gasteiger partial charge in [-0.2, -0.15) is 0 Å². The molecule has 0 saturated heterocycles. The molecule has 1 rings (SSSR count). The van der Waals surface area contributed by atoms with Crippen molar-refractivity contribution in [3.05, 3.63) is 29.8 Å². The molecule has 0 aliphatic rings. The molecular weight excluding hydrogens is 582 g/mol. The number of aliphatic hydroxyl groups is 1. The molecule has 45 heavy (non-hydrogen) atoms. The van der Waals surface area contributed by atoms with Gasteiger partial charge in [-0.25, -0.2) is 9.59 Å². The summed E-state index contributed by atoms with van der Waals surface area (Å²) in [4.78, 5) is 62.8. The first-order valence-electron chi connectivity index (χ1n) is 15.3.